The zero-order chi connectivity index (χ0) is 34.6. The monoisotopic (exact) mass is 686 g/mol. The Kier molecular flexibility index (Phi) is 8.89. The summed E-state index contributed by atoms with van der Waals surface area (Å²) in [5, 5.41) is 1.33. The van der Waals surface area contributed by atoms with E-state index >= 15 is 0 Å². The van der Waals surface area contributed by atoms with Crippen LogP contribution in [0.15, 0.2) is 161 Å². The van der Waals surface area contributed by atoms with Crippen molar-refractivity contribution in [3.8, 4) is 22.5 Å². The van der Waals surface area contributed by atoms with E-state index in [1.54, 1.807) is 30.9 Å². The van der Waals surface area contributed by atoms with Crippen molar-refractivity contribution < 1.29 is 4.42 Å². The first kappa shape index (κ1) is 31.9. The summed E-state index contributed by atoms with van der Waals surface area (Å²) in [6, 6.07) is 40.5. The van der Waals surface area contributed by atoms with E-state index in [1.807, 2.05) is 119 Å². The molecule has 0 spiro atoms. The fourth-order valence-corrected chi connectivity index (χ4v) is 6.61. The summed E-state index contributed by atoms with van der Waals surface area (Å²) in [5.74, 6) is 1.89. The van der Waals surface area contributed by atoms with Crippen LogP contribution in [0.25, 0.3) is 33.4 Å². The first-order valence-electron chi connectivity index (χ1n) is 16.5. The average molecular weight is 687 g/mol. The van der Waals surface area contributed by atoms with E-state index < -0.39 is 0 Å². The summed E-state index contributed by atoms with van der Waals surface area (Å²) in [5.41, 5.74) is 5.97. The van der Waals surface area contributed by atoms with Gasteiger partial charge in [0.15, 0.2) is 11.0 Å². The summed E-state index contributed by atoms with van der Waals surface area (Å²) < 4.78 is 7.02. The van der Waals surface area contributed by atoms with Crippen molar-refractivity contribution in [3.05, 3.63) is 184 Å². The summed E-state index contributed by atoms with van der Waals surface area (Å²) in [6.45, 7) is 1.06. The summed E-state index contributed by atoms with van der Waals surface area (Å²) in [6.07, 6.45) is 7.04. The third-order valence-corrected chi connectivity index (χ3v) is 8.94. The lowest BCUT2D eigenvalue weighted by molar-refractivity contribution is 0.605. The van der Waals surface area contributed by atoms with Gasteiger partial charge in [-0.1, -0.05) is 66.2 Å². The molecule has 5 heterocycles. The van der Waals surface area contributed by atoms with Crippen molar-refractivity contribution in [1.82, 2.24) is 19.9 Å². The molecular weight excluding hydrogens is 656 g/mol. The fraction of sp³-hybridized carbons (Fsp3) is 0.0714. The molecule has 1 aliphatic carbocycles. The Bertz CT molecular complexity index is 2430. The van der Waals surface area contributed by atoms with Crippen LogP contribution in [0.4, 0.5) is 17.3 Å². The number of halogens is 1. The van der Waals surface area contributed by atoms with Gasteiger partial charge in [0, 0.05) is 46.3 Å². The van der Waals surface area contributed by atoms with Gasteiger partial charge in [0.05, 0.1) is 42.3 Å². The number of pyridine rings is 4. The Morgan fingerprint density at radius 1 is 0.608 bits per heavy atom. The number of aromatic nitrogens is 4. The van der Waals surface area contributed by atoms with Crippen molar-refractivity contribution in [2.75, 3.05) is 9.80 Å². The molecule has 0 N–H and O–H groups in total. The van der Waals surface area contributed by atoms with Crippen molar-refractivity contribution in [3.63, 3.8) is 0 Å². The highest BCUT2D eigenvalue weighted by Crippen LogP contribution is 2.46. The highest BCUT2D eigenvalue weighted by molar-refractivity contribution is 6.32. The van der Waals surface area contributed by atoms with Gasteiger partial charge >= 0.3 is 0 Å². The van der Waals surface area contributed by atoms with Crippen molar-refractivity contribution in [1.29, 1.82) is 0 Å². The quantitative estimate of drug-likeness (QED) is 0.132. The summed E-state index contributed by atoms with van der Waals surface area (Å²) >= 11 is 6.97. The van der Waals surface area contributed by atoms with Gasteiger partial charge in [0.25, 0.3) is 0 Å². The van der Waals surface area contributed by atoms with Gasteiger partial charge in [-0.3, -0.25) is 14.8 Å². The lowest BCUT2D eigenvalue weighted by Crippen LogP contribution is -2.27. The number of hydrogen-bond donors (Lipinski definition) is 0. The lowest BCUT2D eigenvalue weighted by Gasteiger charge is -2.27. The minimum Gasteiger partial charge on any atom is -0.453 e. The molecule has 2 aliphatic rings. The normalized spacial score (nSPS) is 11.2. The van der Waals surface area contributed by atoms with Crippen LogP contribution in [0.1, 0.15) is 17.0 Å². The van der Waals surface area contributed by atoms with E-state index in [-0.39, 0.29) is 12.0 Å². The Labute approximate surface area is 299 Å². The van der Waals surface area contributed by atoms with E-state index in [0.29, 0.717) is 52.3 Å². The topological polar surface area (TPSA) is 88.3 Å². The van der Waals surface area contributed by atoms with Crippen LogP contribution in [0.2, 0.25) is 5.02 Å². The van der Waals surface area contributed by atoms with E-state index in [0.717, 1.165) is 33.5 Å². The van der Waals surface area contributed by atoms with Crippen molar-refractivity contribution in [2.24, 2.45) is 0 Å². The Morgan fingerprint density at radius 2 is 1.24 bits per heavy atom. The van der Waals surface area contributed by atoms with Crippen LogP contribution in [0.3, 0.4) is 0 Å². The zero-order valence-corrected chi connectivity index (χ0v) is 28.2. The van der Waals surface area contributed by atoms with Gasteiger partial charge in [0.1, 0.15) is 17.4 Å². The number of nitrogens with zero attached hydrogens (tertiary/aromatic N) is 6. The Hall–Kier alpha value is -6.38. The zero-order valence-electron chi connectivity index (χ0n) is 27.4. The molecule has 0 fully saturated rings. The minimum absolute atomic E-state index is 0.142. The number of anilines is 3. The second-order valence-corrected chi connectivity index (χ2v) is 12.5. The molecule has 0 radical (unpaired) electrons. The van der Waals surface area contributed by atoms with Crippen molar-refractivity contribution >= 4 is 39.9 Å². The molecule has 1 aliphatic heterocycles. The molecule has 8 rings (SSSR count). The van der Waals surface area contributed by atoms with Crippen LogP contribution in [0, 0.1) is 0 Å². The number of hydrogen-bond acceptors (Lipinski definition) is 8. The van der Waals surface area contributed by atoms with Gasteiger partial charge in [-0.25, -0.2) is 9.97 Å². The van der Waals surface area contributed by atoms with E-state index in [1.165, 1.54) is 0 Å². The SMILES string of the molecule is O=c1ccc2c(-c3ccccc3)c3cc(Cl)cc(N(Cc4ccccn4)c4ccccn4)c3oc-2c1CN(Cc1ccccn1)c1ccccn1. The first-order valence-corrected chi connectivity index (χ1v) is 16.9. The molecular formula is C42H31ClN6O2. The summed E-state index contributed by atoms with van der Waals surface area (Å²) in [7, 11) is 0. The molecule has 0 atom stereocenters. The van der Waals surface area contributed by atoms with Crippen LogP contribution in [-0.4, -0.2) is 19.9 Å². The molecule has 8 nitrogen and oxygen atoms in total. The molecule has 0 unspecified atom stereocenters. The fourth-order valence-electron chi connectivity index (χ4n) is 6.40. The standard InChI is InChI=1S/C42H31ClN6O2/c43-30-24-34-40(29-12-2-1-3-13-29)33-18-19-37(50)35(28-48(38-16-6-10-22-46-38)26-31-14-4-8-20-44-31)41(33)51-42(34)36(25-30)49(39-17-7-11-23-47-39)27-32-15-5-9-21-45-32/h1-25H,26-28H2. The second-order valence-electron chi connectivity index (χ2n) is 12.0. The van der Waals surface area contributed by atoms with E-state index in [2.05, 4.69) is 27.1 Å². The predicted molar refractivity (Wildman–Crippen MR) is 202 cm³/mol. The number of fused-ring (bicyclic) bond motifs is 2. The first-order chi connectivity index (χ1) is 25.1. The highest BCUT2D eigenvalue weighted by atomic mass is 35.5. The molecule has 0 saturated heterocycles. The molecule has 0 bridgehead atoms. The van der Waals surface area contributed by atoms with Crippen LogP contribution >= 0.6 is 11.6 Å². The predicted octanol–water partition coefficient (Wildman–Crippen LogP) is 9.34. The minimum atomic E-state index is -0.142. The summed E-state index contributed by atoms with van der Waals surface area (Å²) in [4.78, 5) is 36.6. The molecule has 0 amide bonds. The Morgan fingerprint density at radius 3 is 1.88 bits per heavy atom. The van der Waals surface area contributed by atoms with E-state index in [9.17, 15) is 4.79 Å². The van der Waals surface area contributed by atoms with Crippen LogP contribution < -0.4 is 15.2 Å². The lowest BCUT2D eigenvalue weighted by atomic mass is 9.91. The molecule has 9 heteroatoms. The van der Waals surface area contributed by atoms with Gasteiger partial charge in [-0.15, -0.1) is 0 Å². The average Bonchev–Trinajstić information content (AvgIpc) is 3.18. The van der Waals surface area contributed by atoms with Gasteiger partial charge < -0.3 is 14.2 Å². The smallest absolute Gasteiger partial charge is 0.187 e. The van der Waals surface area contributed by atoms with E-state index in [4.69, 9.17) is 21.0 Å². The van der Waals surface area contributed by atoms with Gasteiger partial charge in [0.2, 0.25) is 0 Å². The third kappa shape index (κ3) is 6.65. The molecule has 4 aromatic heterocycles. The third-order valence-electron chi connectivity index (χ3n) is 8.72. The van der Waals surface area contributed by atoms with Crippen molar-refractivity contribution in [2.45, 2.75) is 19.6 Å². The molecule has 2 aromatic carbocycles. The largest absolute Gasteiger partial charge is 0.453 e. The molecule has 0 saturated carbocycles. The molecule has 6 aromatic rings. The maximum Gasteiger partial charge on any atom is 0.187 e. The maximum absolute atomic E-state index is 14.0. The number of benzene rings is 3. The Balaban J connectivity index is 1.39. The second kappa shape index (κ2) is 14.2. The maximum atomic E-state index is 14.0. The van der Waals surface area contributed by atoms with Crippen LogP contribution in [-0.2, 0) is 19.6 Å². The number of rotatable bonds is 10. The highest BCUT2D eigenvalue weighted by Gasteiger charge is 2.27. The van der Waals surface area contributed by atoms with Crippen LogP contribution in [0.5, 0.6) is 0 Å². The van der Waals surface area contributed by atoms with Gasteiger partial charge in [-0.2, -0.15) is 0 Å². The molecule has 51 heavy (non-hydrogen) atoms. The molecule has 248 valence electrons. The van der Waals surface area contributed by atoms with Gasteiger partial charge in [-0.05, 0) is 78.4 Å².